The lowest BCUT2D eigenvalue weighted by Gasteiger charge is -2.30. The monoisotopic (exact) mass is 488 g/mol. The Bertz CT molecular complexity index is 426. The van der Waals surface area contributed by atoms with Crippen molar-refractivity contribution in [2.24, 2.45) is 0 Å². The zero-order chi connectivity index (χ0) is 19.7. The van der Waals surface area contributed by atoms with Crippen LogP contribution in [0, 0.1) is 0 Å². The normalized spacial score (nSPS) is 11.4. The van der Waals surface area contributed by atoms with Crippen LogP contribution in [0.25, 0.3) is 0 Å². The van der Waals surface area contributed by atoms with E-state index in [2.05, 4.69) is 31.9 Å². The molecule has 0 rings (SSSR count). The molecule has 10 heteroatoms. The Kier molecular flexibility index (Phi) is 10.2. The van der Waals surface area contributed by atoms with Crippen molar-refractivity contribution >= 4 is 55.7 Å². The third kappa shape index (κ3) is 5.95. The topological polar surface area (TPSA) is 105 Å². The van der Waals surface area contributed by atoms with Crippen LogP contribution in [-0.4, -0.2) is 59.0 Å². The predicted octanol–water partition coefficient (Wildman–Crippen LogP) is 1.90. The minimum atomic E-state index is -2.10. The van der Waals surface area contributed by atoms with Crippen molar-refractivity contribution in [2.75, 3.05) is 26.4 Å². The molecule has 144 valence electrons. The van der Waals surface area contributed by atoms with Crippen LogP contribution in [-0.2, 0) is 38.1 Å². The average Bonchev–Trinajstić information content (AvgIpc) is 2.55. The Balaban J connectivity index is 5.96. The average molecular weight is 490 g/mol. The van der Waals surface area contributed by atoms with Gasteiger partial charge in [-0.05, 0) is 27.7 Å². The van der Waals surface area contributed by atoms with Gasteiger partial charge in [0.05, 0.1) is 26.4 Å². The van der Waals surface area contributed by atoms with E-state index in [0.717, 1.165) is 0 Å². The summed E-state index contributed by atoms with van der Waals surface area (Å²) in [5, 5.41) is 0. The molecular formula is C15H22Br2O8. The van der Waals surface area contributed by atoms with Gasteiger partial charge in [-0.15, -0.1) is 0 Å². The van der Waals surface area contributed by atoms with E-state index in [1.165, 1.54) is 0 Å². The maximum atomic E-state index is 12.3. The number of rotatable bonds is 10. The molecule has 0 aliphatic heterocycles. The van der Waals surface area contributed by atoms with Crippen LogP contribution < -0.4 is 0 Å². The number of hydrogen-bond acceptors (Lipinski definition) is 8. The van der Waals surface area contributed by atoms with Crippen molar-refractivity contribution in [2.45, 2.75) is 42.8 Å². The minimum absolute atomic E-state index is 0.0142. The molecule has 0 N–H and O–H groups in total. The molecule has 0 aliphatic rings. The molecule has 0 saturated carbocycles. The Morgan fingerprint density at radius 3 is 0.960 bits per heavy atom. The van der Waals surface area contributed by atoms with Gasteiger partial charge in [-0.25, -0.2) is 19.2 Å². The second kappa shape index (κ2) is 10.7. The van der Waals surface area contributed by atoms with E-state index in [4.69, 9.17) is 18.9 Å². The summed E-state index contributed by atoms with van der Waals surface area (Å²) in [5.41, 5.74) is 0. The van der Waals surface area contributed by atoms with Gasteiger partial charge in [0.25, 0.3) is 0 Å². The van der Waals surface area contributed by atoms with E-state index < -0.39 is 38.9 Å². The zero-order valence-corrected chi connectivity index (χ0v) is 17.7. The van der Waals surface area contributed by atoms with E-state index in [-0.39, 0.29) is 26.4 Å². The van der Waals surface area contributed by atoms with Gasteiger partial charge < -0.3 is 18.9 Å². The number of carbonyl (C=O) groups excluding carboxylic acids is 4. The summed E-state index contributed by atoms with van der Waals surface area (Å²) in [7, 11) is 0. The summed E-state index contributed by atoms with van der Waals surface area (Å²) in [6.45, 7) is 6.14. The first kappa shape index (κ1) is 23.8. The van der Waals surface area contributed by atoms with Crippen LogP contribution >= 0.6 is 31.9 Å². The lowest BCUT2D eigenvalue weighted by atomic mass is 9.93. The molecule has 0 aliphatic carbocycles. The molecule has 0 radical (unpaired) electrons. The molecule has 0 aromatic carbocycles. The Morgan fingerprint density at radius 2 is 0.800 bits per heavy atom. The first-order chi connectivity index (χ1) is 11.6. The Hall–Kier alpha value is -1.16. The molecule has 0 spiro atoms. The molecule has 0 aromatic heterocycles. The van der Waals surface area contributed by atoms with E-state index in [0.29, 0.717) is 0 Å². The number of alkyl halides is 2. The summed E-state index contributed by atoms with van der Waals surface area (Å²) in [5.74, 6) is -3.98. The molecule has 0 heterocycles. The van der Waals surface area contributed by atoms with E-state index >= 15 is 0 Å². The molecule has 0 amide bonds. The second-order valence-electron chi connectivity index (χ2n) is 4.66. The van der Waals surface area contributed by atoms with Gasteiger partial charge in [0.2, 0.25) is 8.65 Å². The zero-order valence-electron chi connectivity index (χ0n) is 14.6. The van der Waals surface area contributed by atoms with E-state index in [1.807, 2.05) is 0 Å². The molecule has 0 bridgehead atoms. The summed E-state index contributed by atoms with van der Waals surface area (Å²) in [6, 6.07) is 0. The van der Waals surface area contributed by atoms with Crippen molar-refractivity contribution in [3.05, 3.63) is 0 Å². The van der Waals surface area contributed by atoms with Gasteiger partial charge in [-0.3, -0.25) is 0 Å². The lowest BCUT2D eigenvalue weighted by molar-refractivity contribution is -0.162. The number of halogens is 2. The van der Waals surface area contributed by atoms with Crippen LogP contribution in [0.4, 0.5) is 0 Å². The van der Waals surface area contributed by atoms with Crippen molar-refractivity contribution in [3.63, 3.8) is 0 Å². The van der Waals surface area contributed by atoms with Crippen molar-refractivity contribution < 1.29 is 38.1 Å². The van der Waals surface area contributed by atoms with Gasteiger partial charge >= 0.3 is 23.9 Å². The highest BCUT2D eigenvalue weighted by molar-refractivity contribution is 9.11. The summed E-state index contributed by atoms with van der Waals surface area (Å²) >= 11 is 6.00. The maximum absolute atomic E-state index is 12.3. The Labute approximate surface area is 163 Å². The molecule has 8 nitrogen and oxygen atoms in total. The van der Waals surface area contributed by atoms with Crippen molar-refractivity contribution in [3.8, 4) is 0 Å². The molecular weight excluding hydrogens is 468 g/mol. The van der Waals surface area contributed by atoms with Gasteiger partial charge in [0.1, 0.15) is 0 Å². The van der Waals surface area contributed by atoms with Crippen LogP contribution in [0.3, 0.4) is 0 Å². The number of esters is 4. The largest absolute Gasteiger partial charge is 0.465 e. The Morgan fingerprint density at radius 1 is 0.600 bits per heavy atom. The molecule has 25 heavy (non-hydrogen) atoms. The number of hydrogen-bond donors (Lipinski definition) is 0. The smallest absolute Gasteiger partial charge is 0.334 e. The fourth-order valence-electron chi connectivity index (χ4n) is 1.77. The first-order valence-electron chi connectivity index (χ1n) is 7.70. The molecule has 0 atom stereocenters. The third-order valence-electron chi connectivity index (χ3n) is 2.88. The first-order valence-corrected chi connectivity index (χ1v) is 9.29. The fraction of sp³-hybridized carbons (Fsp3) is 0.733. The van der Waals surface area contributed by atoms with Gasteiger partial charge in [-0.2, -0.15) is 0 Å². The van der Waals surface area contributed by atoms with Crippen LogP contribution in [0.1, 0.15) is 34.1 Å². The summed E-state index contributed by atoms with van der Waals surface area (Å²) < 4.78 is 15.4. The standard InChI is InChI=1S/C15H22Br2O8/c1-5-22-10(18)14(16,11(19)23-6-2)9-15(17,12(20)24-7-3)13(21)25-8-4/h5-9H2,1-4H3. The molecule has 0 unspecified atom stereocenters. The highest BCUT2D eigenvalue weighted by Gasteiger charge is 2.59. The van der Waals surface area contributed by atoms with Crippen LogP contribution in [0.15, 0.2) is 0 Å². The van der Waals surface area contributed by atoms with E-state index in [1.54, 1.807) is 27.7 Å². The van der Waals surface area contributed by atoms with Crippen molar-refractivity contribution in [1.29, 1.82) is 0 Å². The fourth-order valence-corrected chi connectivity index (χ4v) is 3.45. The second-order valence-corrected chi connectivity index (χ2v) is 7.37. The van der Waals surface area contributed by atoms with E-state index in [9.17, 15) is 19.2 Å². The number of ether oxygens (including phenoxy) is 4. The molecule has 0 saturated heterocycles. The molecule has 0 fully saturated rings. The van der Waals surface area contributed by atoms with Gasteiger partial charge in [0.15, 0.2) is 0 Å². The highest BCUT2D eigenvalue weighted by Crippen LogP contribution is 2.38. The van der Waals surface area contributed by atoms with Gasteiger partial charge in [0, 0.05) is 6.42 Å². The number of carbonyl (C=O) groups is 4. The van der Waals surface area contributed by atoms with Gasteiger partial charge in [-0.1, -0.05) is 31.9 Å². The summed E-state index contributed by atoms with van der Waals surface area (Å²) in [4.78, 5) is 49.3. The quantitative estimate of drug-likeness (QED) is 0.198. The highest BCUT2D eigenvalue weighted by atomic mass is 79.9. The lowest BCUT2D eigenvalue weighted by Crippen LogP contribution is -2.54. The minimum Gasteiger partial charge on any atom is -0.465 e. The summed E-state index contributed by atoms with van der Waals surface area (Å²) in [6.07, 6.45) is -0.657. The SMILES string of the molecule is CCOC(=O)C(Br)(CC(Br)(C(=O)OCC)C(=O)OCC)C(=O)OCC. The van der Waals surface area contributed by atoms with Crippen LogP contribution in [0.5, 0.6) is 0 Å². The predicted molar refractivity (Wildman–Crippen MR) is 94.5 cm³/mol. The van der Waals surface area contributed by atoms with Crippen molar-refractivity contribution in [1.82, 2.24) is 0 Å². The third-order valence-corrected chi connectivity index (χ3v) is 4.74. The maximum Gasteiger partial charge on any atom is 0.334 e. The molecule has 0 aromatic rings. The van der Waals surface area contributed by atoms with Crippen LogP contribution in [0.2, 0.25) is 0 Å².